The monoisotopic (exact) mass is 320 g/mol. The van der Waals surface area contributed by atoms with Crippen molar-refractivity contribution in [1.82, 2.24) is 19.5 Å². The van der Waals surface area contributed by atoms with Crippen LogP contribution in [0, 0.1) is 6.92 Å². The predicted octanol–water partition coefficient (Wildman–Crippen LogP) is 3.98. The molecule has 3 aromatic rings. The summed E-state index contributed by atoms with van der Waals surface area (Å²) in [6.07, 6.45) is 5.37. The second kappa shape index (κ2) is 6.12. The summed E-state index contributed by atoms with van der Waals surface area (Å²) < 4.78 is 2.21. The molecule has 0 fully saturated rings. The van der Waals surface area contributed by atoms with Crippen LogP contribution in [0.3, 0.4) is 0 Å². The number of imidazole rings is 1. The first-order valence-electron chi connectivity index (χ1n) is 7.04. The van der Waals surface area contributed by atoms with Crippen LogP contribution in [0.5, 0.6) is 0 Å². The van der Waals surface area contributed by atoms with E-state index in [1.54, 1.807) is 11.3 Å². The Bertz CT molecular complexity index is 736. The number of aryl methyl sites for hydroxylation is 2. The number of aromatic nitrogens is 4. The van der Waals surface area contributed by atoms with Crippen LogP contribution < -0.4 is 0 Å². The van der Waals surface area contributed by atoms with Gasteiger partial charge in [0, 0.05) is 30.1 Å². The standard InChI is InChI=1S/C15H17ClN4S/c1-3-11(15-18-8-9-21-15)20-12(4-6-16)19-13-10(2)5-7-17-14(13)20/h5,7-9,11H,3-4,6H2,1-2H3. The van der Waals surface area contributed by atoms with Crippen LogP contribution in [0.4, 0.5) is 0 Å². The van der Waals surface area contributed by atoms with Crippen LogP contribution in [-0.4, -0.2) is 25.4 Å². The predicted molar refractivity (Wildman–Crippen MR) is 87.2 cm³/mol. The van der Waals surface area contributed by atoms with E-state index in [-0.39, 0.29) is 6.04 Å². The molecule has 0 N–H and O–H groups in total. The van der Waals surface area contributed by atoms with E-state index in [9.17, 15) is 0 Å². The Balaban J connectivity index is 2.23. The van der Waals surface area contributed by atoms with E-state index < -0.39 is 0 Å². The summed E-state index contributed by atoms with van der Waals surface area (Å²) >= 11 is 7.63. The molecular formula is C15H17ClN4S. The first-order valence-corrected chi connectivity index (χ1v) is 8.45. The molecule has 6 heteroatoms. The fraction of sp³-hybridized carbons (Fsp3) is 0.400. The Labute approximate surface area is 132 Å². The number of rotatable bonds is 5. The zero-order valence-corrected chi connectivity index (χ0v) is 13.7. The molecule has 0 radical (unpaired) electrons. The summed E-state index contributed by atoms with van der Waals surface area (Å²) in [5, 5.41) is 3.10. The molecule has 1 atom stereocenters. The van der Waals surface area contributed by atoms with Crippen molar-refractivity contribution in [2.24, 2.45) is 0 Å². The summed E-state index contributed by atoms with van der Waals surface area (Å²) in [5.74, 6) is 1.54. The largest absolute Gasteiger partial charge is 0.303 e. The van der Waals surface area contributed by atoms with Crippen molar-refractivity contribution in [1.29, 1.82) is 0 Å². The molecule has 110 valence electrons. The average Bonchev–Trinajstić information content (AvgIpc) is 3.11. The lowest BCUT2D eigenvalue weighted by atomic mass is 10.2. The van der Waals surface area contributed by atoms with Gasteiger partial charge >= 0.3 is 0 Å². The maximum Gasteiger partial charge on any atom is 0.160 e. The molecular weight excluding hydrogens is 304 g/mol. The van der Waals surface area contributed by atoms with Crippen molar-refractivity contribution in [3.63, 3.8) is 0 Å². The van der Waals surface area contributed by atoms with E-state index in [1.807, 2.05) is 23.8 Å². The highest BCUT2D eigenvalue weighted by Gasteiger charge is 2.22. The van der Waals surface area contributed by atoms with Gasteiger partial charge < -0.3 is 4.57 Å². The number of alkyl halides is 1. The van der Waals surface area contributed by atoms with Gasteiger partial charge in [-0.2, -0.15) is 0 Å². The van der Waals surface area contributed by atoms with Crippen molar-refractivity contribution in [2.45, 2.75) is 32.7 Å². The van der Waals surface area contributed by atoms with Crippen LogP contribution in [0.25, 0.3) is 11.2 Å². The number of hydrogen-bond donors (Lipinski definition) is 0. The molecule has 0 aliphatic rings. The van der Waals surface area contributed by atoms with Gasteiger partial charge in [-0.05, 0) is 25.0 Å². The first-order chi connectivity index (χ1) is 10.3. The molecule has 0 aliphatic heterocycles. The molecule has 0 amide bonds. The van der Waals surface area contributed by atoms with Gasteiger partial charge in [0.15, 0.2) is 5.65 Å². The number of hydrogen-bond acceptors (Lipinski definition) is 4. The van der Waals surface area contributed by atoms with Crippen molar-refractivity contribution in [2.75, 3.05) is 5.88 Å². The zero-order chi connectivity index (χ0) is 14.8. The molecule has 4 nitrogen and oxygen atoms in total. The van der Waals surface area contributed by atoms with E-state index in [2.05, 4.69) is 28.4 Å². The minimum atomic E-state index is 0.169. The van der Waals surface area contributed by atoms with Gasteiger partial charge in [0.05, 0.1) is 6.04 Å². The summed E-state index contributed by atoms with van der Waals surface area (Å²) in [7, 11) is 0. The topological polar surface area (TPSA) is 43.6 Å². The average molecular weight is 321 g/mol. The fourth-order valence-corrected chi connectivity index (χ4v) is 3.59. The van der Waals surface area contributed by atoms with Crippen LogP contribution in [-0.2, 0) is 6.42 Å². The molecule has 21 heavy (non-hydrogen) atoms. The SMILES string of the molecule is CCC(c1nccs1)n1c(CCCl)nc2c(C)ccnc21. The number of nitrogens with zero attached hydrogens (tertiary/aromatic N) is 4. The minimum Gasteiger partial charge on any atom is -0.303 e. The Hall–Kier alpha value is -1.46. The highest BCUT2D eigenvalue weighted by Crippen LogP contribution is 2.30. The summed E-state index contributed by atoms with van der Waals surface area (Å²) in [6, 6.07) is 2.16. The van der Waals surface area contributed by atoms with E-state index in [0.29, 0.717) is 5.88 Å². The molecule has 0 saturated carbocycles. The Morgan fingerprint density at radius 2 is 2.19 bits per heavy atom. The van der Waals surface area contributed by atoms with Crippen molar-refractivity contribution in [3.05, 3.63) is 40.2 Å². The van der Waals surface area contributed by atoms with Gasteiger partial charge in [-0.25, -0.2) is 15.0 Å². The highest BCUT2D eigenvalue weighted by atomic mass is 35.5. The van der Waals surface area contributed by atoms with Gasteiger partial charge in [0.25, 0.3) is 0 Å². The lowest BCUT2D eigenvalue weighted by molar-refractivity contribution is 0.552. The van der Waals surface area contributed by atoms with Gasteiger partial charge in [-0.3, -0.25) is 0 Å². The molecule has 3 rings (SSSR count). The van der Waals surface area contributed by atoms with Crippen LogP contribution in [0.2, 0.25) is 0 Å². The Kier molecular flexibility index (Phi) is 4.22. The minimum absolute atomic E-state index is 0.169. The van der Waals surface area contributed by atoms with Gasteiger partial charge in [0.2, 0.25) is 0 Å². The summed E-state index contributed by atoms with van der Waals surface area (Å²) in [5.41, 5.74) is 3.04. The van der Waals surface area contributed by atoms with Crippen molar-refractivity contribution in [3.8, 4) is 0 Å². The van der Waals surface area contributed by atoms with E-state index >= 15 is 0 Å². The van der Waals surface area contributed by atoms with Gasteiger partial charge in [0.1, 0.15) is 16.3 Å². The highest BCUT2D eigenvalue weighted by molar-refractivity contribution is 7.09. The molecule has 0 spiro atoms. The molecule has 3 aromatic heterocycles. The molecule has 3 heterocycles. The third kappa shape index (κ3) is 2.56. The van der Waals surface area contributed by atoms with Crippen molar-refractivity contribution < 1.29 is 0 Å². The summed E-state index contributed by atoms with van der Waals surface area (Å²) in [6.45, 7) is 4.23. The number of fused-ring (bicyclic) bond motifs is 1. The number of thiazole rings is 1. The second-order valence-electron chi connectivity index (χ2n) is 4.93. The van der Waals surface area contributed by atoms with Crippen LogP contribution >= 0.6 is 22.9 Å². The molecule has 1 unspecified atom stereocenters. The van der Waals surface area contributed by atoms with Gasteiger partial charge in [-0.1, -0.05) is 6.92 Å². The molecule has 0 saturated heterocycles. The van der Waals surface area contributed by atoms with Gasteiger partial charge in [-0.15, -0.1) is 22.9 Å². The maximum atomic E-state index is 5.96. The Morgan fingerprint density at radius 3 is 2.86 bits per heavy atom. The normalized spacial score (nSPS) is 12.9. The first kappa shape index (κ1) is 14.5. The Morgan fingerprint density at radius 1 is 1.33 bits per heavy atom. The summed E-state index contributed by atoms with van der Waals surface area (Å²) in [4.78, 5) is 13.8. The molecule has 0 aliphatic carbocycles. The number of halogens is 1. The maximum absolute atomic E-state index is 5.96. The molecule has 0 bridgehead atoms. The van der Waals surface area contributed by atoms with E-state index in [4.69, 9.17) is 16.6 Å². The van der Waals surface area contributed by atoms with Crippen LogP contribution in [0.1, 0.15) is 35.8 Å². The van der Waals surface area contributed by atoms with Crippen LogP contribution in [0.15, 0.2) is 23.8 Å². The quantitative estimate of drug-likeness (QED) is 0.668. The van der Waals surface area contributed by atoms with E-state index in [1.165, 1.54) is 0 Å². The van der Waals surface area contributed by atoms with Crippen molar-refractivity contribution >= 4 is 34.1 Å². The third-order valence-electron chi connectivity index (χ3n) is 3.61. The lowest BCUT2D eigenvalue weighted by Crippen LogP contribution is -2.14. The smallest absolute Gasteiger partial charge is 0.160 e. The fourth-order valence-electron chi connectivity index (χ4n) is 2.61. The molecule has 0 aromatic carbocycles. The zero-order valence-electron chi connectivity index (χ0n) is 12.1. The third-order valence-corrected chi connectivity index (χ3v) is 4.67. The van der Waals surface area contributed by atoms with E-state index in [0.717, 1.165) is 40.4 Å². The number of pyridine rings is 1. The lowest BCUT2D eigenvalue weighted by Gasteiger charge is -2.17. The second-order valence-corrected chi connectivity index (χ2v) is 6.24.